The molecule has 3 amide bonds. The van der Waals surface area contributed by atoms with Crippen molar-refractivity contribution in [3.05, 3.63) is 18.0 Å². The molecule has 1 aromatic heterocycles. The fraction of sp³-hybridized carbons (Fsp3) is 0.706. The summed E-state index contributed by atoms with van der Waals surface area (Å²) in [5, 5.41) is 10.2. The smallest absolute Gasteiger partial charge is 0.317 e. The van der Waals surface area contributed by atoms with Gasteiger partial charge in [-0.2, -0.15) is 5.10 Å². The predicted octanol–water partition coefficient (Wildman–Crippen LogP) is 0.162. The van der Waals surface area contributed by atoms with Gasteiger partial charge in [0.1, 0.15) is 0 Å². The number of amides is 3. The van der Waals surface area contributed by atoms with Crippen LogP contribution in [0.5, 0.6) is 0 Å². The molecule has 3 rings (SSSR count). The van der Waals surface area contributed by atoms with Gasteiger partial charge in [0.05, 0.1) is 6.20 Å². The molecule has 2 fully saturated rings. The van der Waals surface area contributed by atoms with Crippen molar-refractivity contribution >= 4 is 11.9 Å². The summed E-state index contributed by atoms with van der Waals surface area (Å²) in [6.45, 7) is 8.18. The van der Waals surface area contributed by atoms with Crippen LogP contribution < -0.4 is 10.6 Å². The van der Waals surface area contributed by atoms with Crippen molar-refractivity contribution in [2.75, 3.05) is 32.7 Å². The number of hydrogen-bond acceptors (Lipinski definition) is 4. The van der Waals surface area contributed by atoms with Gasteiger partial charge < -0.3 is 15.5 Å². The molecule has 0 aromatic carbocycles. The van der Waals surface area contributed by atoms with E-state index in [9.17, 15) is 9.59 Å². The zero-order valence-corrected chi connectivity index (χ0v) is 15.3. The van der Waals surface area contributed by atoms with E-state index in [0.717, 1.165) is 25.2 Å². The molecule has 0 unspecified atom stereocenters. The van der Waals surface area contributed by atoms with Crippen LogP contribution in [0.25, 0.3) is 0 Å². The molecule has 0 bridgehead atoms. The molecule has 0 saturated carbocycles. The highest BCUT2D eigenvalue weighted by molar-refractivity contribution is 5.80. The molecule has 8 nitrogen and oxygen atoms in total. The second kappa shape index (κ2) is 7.03. The monoisotopic (exact) mass is 348 g/mol. The van der Waals surface area contributed by atoms with Crippen LogP contribution in [0.4, 0.5) is 4.79 Å². The molecule has 0 radical (unpaired) electrons. The Bertz CT molecular complexity index is 643. The number of carbonyl (C=O) groups excluding carboxylic acids is 2. The Balaban J connectivity index is 1.75. The van der Waals surface area contributed by atoms with Gasteiger partial charge in [-0.25, -0.2) is 4.79 Å². The van der Waals surface area contributed by atoms with Crippen LogP contribution in [0.15, 0.2) is 12.4 Å². The Morgan fingerprint density at radius 3 is 2.80 bits per heavy atom. The van der Waals surface area contributed by atoms with Crippen molar-refractivity contribution in [1.82, 2.24) is 30.2 Å². The van der Waals surface area contributed by atoms with Gasteiger partial charge in [0, 0.05) is 76.0 Å². The Morgan fingerprint density at radius 2 is 2.20 bits per heavy atom. The fourth-order valence-electron chi connectivity index (χ4n) is 3.78. The van der Waals surface area contributed by atoms with E-state index in [0.29, 0.717) is 26.1 Å². The Labute approximate surface area is 148 Å². The normalized spacial score (nSPS) is 24.6. The van der Waals surface area contributed by atoms with Gasteiger partial charge in [-0.15, -0.1) is 0 Å². The third-order valence-electron chi connectivity index (χ3n) is 4.83. The molecule has 25 heavy (non-hydrogen) atoms. The van der Waals surface area contributed by atoms with Crippen molar-refractivity contribution in [2.24, 2.45) is 12.5 Å². The summed E-state index contributed by atoms with van der Waals surface area (Å²) in [6.07, 6.45) is 4.36. The maximum absolute atomic E-state index is 12.5. The molecule has 1 atom stereocenters. The van der Waals surface area contributed by atoms with Crippen molar-refractivity contribution in [3.8, 4) is 0 Å². The number of aryl methyl sites for hydroxylation is 1. The standard InChI is InChI=1S/C17H28N6O2/c1-13(2)20-16(25)23-5-4-22(9-14-7-19-21(3)8-14)11-17(12-23)6-15(24)18-10-17/h7-8,13H,4-6,9-12H2,1-3H3,(H,18,24)(H,20,25)/t17-/m0/s1. The highest BCUT2D eigenvalue weighted by Crippen LogP contribution is 2.31. The SMILES string of the molecule is CC(C)NC(=O)N1CCN(Cc2cnn(C)c2)C[C@]2(CNC(=O)C2)C1. The number of nitrogens with zero attached hydrogens (tertiary/aromatic N) is 4. The van der Waals surface area contributed by atoms with Gasteiger partial charge >= 0.3 is 6.03 Å². The molecular weight excluding hydrogens is 320 g/mol. The summed E-state index contributed by atoms with van der Waals surface area (Å²) in [6, 6.07) is 0.0542. The van der Waals surface area contributed by atoms with Crippen molar-refractivity contribution in [2.45, 2.75) is 32.9 Å². The Kier molecular flexibility index (Phi) is 4.99. The Hall–Kier alpha value is -2.09. The molecule has 2 aliphatic rings. The molecule has 3 heterocycles. The number of carbonyl (C=O) groups is 2. The molecule has 8 heteroatoms. The third-order valence-corrected chi connectivity index (χ3v) is 4.83. The van der Waals surface area contributed by atoms with Crippen LogP contribution in [0.2, 0.25) is 0 Å². The lowest BCUT2D eigenvalue weighted by atomic mass is 9.86. The zero-order valence-electron chi connectivity index (χ0n) is 15.3. The fourth-order valence-corrected chi connectivity index (χ4v) is 3.78. The predicted molar refractivity (Wildman–Crippen MR) is 93.8 cm³/mol. The molecular formula is C17H28N6O2. The average Bonchev–Trinajstić information content (AvgIpc) is 3.02. The lowest BCUT2D eigenvalue weighted by Crippen LogP contribution is -2.48. The topological polar surface area (TPSA) is 82.5 Å². The summed E-state index contributed by atoms with van der Waals surface area (Å²) >= 11 is 0. The van der Waals surface area contributed by atoms with Crippen LogP contribution >= 0.6 is 0 Å². The summed E-state index contributed by atoms with van der Waals surface area (Å²) in [4.78, 5) is 28.6. The first-order valence-electron chi connectivity index (χ1n) is 8.87. The summed E-state index contributed by atoms with van der Waals surface area (Å²) in [5.41, 5.74) is 0.930. The molecule has 1 aromatic rings. The van der Waals surface area contributed by atoms with E-state index >= 15 is 0 Å². The Morgan fingerprint density at radius 1 is 1.40 bits per heavy atom. The minimum atomic E-state index is -0.218. The van der Waals surface area contributed by atoms with Gasteiger partial charge in [0.2, 0.25) is 5.91 Å². The van der Waals surface area contributed by atoms with Crippen LogP contribution in [0, 0.1) is 5.41 Å². The maximum atomic E-state index is 12.5. The third kappa shape index (κ3) is 4.31. The van der Waals surface area contributed by atoms with E-state index in [1.165, 1.54) is 0 Å². The molecule has 138 valence electrons. The van der Waals surface area contributed by atoms with Crippen molar-refractivity contribution in [3.63, 3.8) is 0 Å². The highest BCUT2D eigenvalue weighted by Gasteiger charge is 2.43. The van der Waals surface area contributed by atoms with Crippen LogP contribution in [-0.2, 0) is 18.4 Å². The summed E-state index contributed by atoms with van der Waals surface area (Å²) in [7, 11) is 1.91. The maximum Gasteiger partial charge on any atom is 0.317 e. The van der Waals surface area contributed by atoms with Gasteiger partial charge in [0.25, 0.3) is 0 Å². The first kappa shape index (κ1) is 17.7. The van der Waals surface area contributed by atoms with Gasteiger partial charge in [0.15, 0.2) is 0 Å². The largest absolute Gasteiger partial charge is 0.355 e. The number of urea groups is 1. The van der Waals surface area contributed by atoms with Crippen molar-refractivity contribution < 1.29 is 9.59 Å². The van der Waals surface area contributed by atoms with Gasteiger partial charge in [-0.3, -0.25) is 14.4 Å². The minimum Gasteiger partial charge on any atom is -0.355 e. The van der Waals surface area contributed by atoms with Crippen molar-refractivity contribution in [1.29, 1.82) is 0 Å². The minimum absolute atomic E-state index is 0.0445. The second-order valence-corrected chi connectivity index (χ2v) is 7.71. The highest BCUT2D eigenvalue weighted by atomic mass is 16.2. The second-order valence-electron chi connectivity index (χ2n) is 7.71. The van der Waals surface area contributed by atoms with E-state index < -0.39 is 0 Å². The van der Waals surface area contributed by atoms with E-state index in [1.54, 1.807) is 4.68 Å². The number of aromatic nitrogens is 2. The quantitative estimate of drug-likeness (QED) is 0.815. The average molecular weight is 348 g/mol. The van der Waals surface area contributed by atoms with Crippen LogP contribution in [0.3, 0.4) is 0 Å². The number of rotatable bonds is 3. The summed E-state index contributed by atoms with van der Waals surface area (Å²) < 4.78 is 1.80. The zero-order chi connectivity index (χ0) is 18.0. The first-order chi connectivity index (χ1) is 11.8. The van der Waals surface area contributed by atoms with E-state index in [1.807, 2.05) is 38.2 Å². The molecule has 0 aliphatic carbocycles. The van der Waals surface area contributed by atoms with Crippen LogP contribution in [-0.4, -0.2) is 70.3 Å². The molecule has 2 saturated heterocycles. The number of nitrogens with one attached hydrogen (secondary N) is 2. The van der Waals surface area contributed by atoms with E-state index in [4.69, 9.17) is 0 Å². The van der Waals surface area contributed by atoms with E-state index in [-0.39, 0.29) is 23.4 Å². The van der Waals surface area contributed by atoms with E-state index in [2.05, 4.69) is 20.6 Å². The number of hydrogen-bond donors (Lipinski definition) is 2. The van der Waals surface area contributed by atoms with Crippen LogP contribution in [0.1, 0.15) is 25.8 Å². The first-order valence-corrected chi connectivity index (χ1v) is 8.87. The molecule has 2 aliphatic heterocycles. The molecule has 1 spiro atoms. The lowest BCUT2D eigenvalue weighted by Gasteiger charge is -2.33. The molecule has 2 N–H and O–H groups in total. The lowest BCUT2D eigenvalue weighted by molar-refractivity contribution is -0.119. The van der Waals surface area contributed by atoms with Gasteiger partial charge in [-0.05, 0) is 13.8 Å². The summed E-state index contributed by atoms with van der Waals surface area (Å²) in [5.74, 6) is 0.0763. The van der Waals surface area contributed by atoms with Gasteiger partial charge in [-0.1, -0.05) is 0 Å².